The lowest BCUT2D eigenvalue weighted by Gasteiger charge is -2.12. The van der Waals surface area contributed by atoms with Gasteiger partial charge in [-0.15, -0.1) is 24.8 Å². The Hall–Kier alpha value is -1.56. The number of aromatic nitrogens is 2. The van der Waals surface area contributed by atoms with E-state index in [-0.39, 0.29) is 24.8 Å². The summed E-state index contributed by atoms with van der Waals surface area (Å²) in [5, 5.41) is 14.5. The molecule has 2 heterocycles. The molecule has 0 atom stereocenters. The van der Waals surface area contributed by atoms with E-state index >= 15 is 0 Å². The van der Waals surface area contributed by atoms with Gasteiger partial charge >= 0.3 is 0 Å². The number of phenols is 1. The summed E-state index contributed by atoms with van der Waals surface area (Å²) >= 11 is 1.57. The molecular formula is C16H19Cl2N3OS. The molecule has 0 amide bonds. The van der Waals surface area contributed by atoms with E-state index in [0.717, 1.165) is 37.6 Å². The zero-order chi connectivity index (χ0) is 15.0. The maximum atomic E-state index is 10.6. The molecule has 2 aromatic heterocycles. The number of phenolic OH excluding ortho intramolecular Hbond substituents is 1. The van der Waals surface area contributed by atoms with Crippen molar-refractivity contribution in [1.82, 2.24) is 9.97 Å². The van der Waals surface area contributed by atoms with Crippen molar-refractivity contribution < 1.29 is 5.11 Å². The van der Waals surface area contributed by atoms with Crippen molar-refractivity contribution in [3.05, 3.63) is 46.8 Å². The minimum Gasteiger partial charge on any atom is -0.507 e. The predicted octanol–water partition coefficient (Wildman–Crippen LogP) is 4.49. The highest BCUT2D eigenvalue weighted by Crippen LogP contribution is 2.39. The van der Waals surface area contributed by atoms with Gasteiger partial charge < -0.3 is 10.4 Å². The van der Waals surface area contributed by atoms with Crippen LogP contribution in [0, 0.1) is 13.8 Å². The first-order valence-electron chi connectivity index (χ1n) is 6.80. The van der Waals surface area contributed by atoms with Crippen LogP contribution in [0.3, 0.4) is 0 Å². The molecule has 2 N–H and O–H groups in total. The molecule has 0 radical (unpaired) electrons. The summed E-state index contributed by atoms with van der Waals surface area (Å²) < 4.78 is 1.05. The largest absolute Gasteiger partial charge is 0.507 e. The van der Waals surface area contributed by atoms with Crippen LogP contribution in [0.1, 0.15) is 22.3 Å². The average Bonchev–Trinajstić information content (AvgIpc) is 2.95. The molecule has 0 spiro atoms. The lowest BCUT2D eigenvalue weighted by Crippen LogP contribution is -1.96. The van der Waals surface area contributed by atoms with Crippen LogP contribution in [0.4, 0.5) is 5.13 Å². The van der Waals surface area contributed by atoms with Crippen molar-refractivity contribution in [3.8, 4) is 5.75 Å². The fourth-order valence-corrected chi connectivity index (χ4v) is 3.49. The molecule has 0 saturated carbocycles. The zero-order valence-corrected chi connectivity index (χ0v) is 15.5. The highest BCUT2D eigenvalue weighted by molar-refractivity contribution is 7.22. The molecule has 0 aliphatic heterocycles. The third-order valence-electron chi connectivity index (χ3n) is 3.73. The van der Waals surface area contributed by atoms with Crippen LogP contribution in [-0.4, -0.2) is 22.1 Å². The quantitative estimate of drug-likeness (QED) is 0.711. The molecular weight excluding hydrogens is 353 g/mol. The molecule has 1 aromatic carbocycles. The summed E-state index contributed by atoms with van der Waals surface area (Å²) in [5.74, 6) is 0.371. The van der Waals surface area contributed by atoms with Gasteiger partial charge in [-0.2, -0.15) is 0 Å². The average molecular weight is 372 g/mol. The van der Waals surface area contributed by atoms with Crippen LogP contribution < -0.4 is 5.32 Å². The summed E-state index contributed by atoms with van der Waals surface area (Å²) in [7, 11) is 1.86. The number of hydrogen-bond acceptors (Lipinski definition) is 5. The Labute approximate surface area is 151 Å². The first-order valence-corrected chi connectivity index (χ1v) is 7.61. The van der Waals surface area contributed by atoms with E-state index in [2.05, 4.69) is 15.3 Å². The molecule has 0 fully saturated rings. The van der Waals surface area contributed by atoms with Gasteiger partial charge in [0.1, 0.15) is 5.75 Å². The minimum atomic E-state index is 0. The summed E-state index contributed by atoms with van der Waals surface area (Å²) in [5.41, 5.74) is 4.92. The van der Waals surface area contributed by atoms with Gasteiger partial charge in [0.05, 0.1) is 10.2 Å². The summed E-state index contributed by atoms with van der Waals surface area (Å²) in [6.07, 6.45) is 4.25. The van der Waals surface area contributed by atoms with Gasteiger partial charge in [0.25, 0.3) is 0 Å². The van der Waals surface area contributed by atoms with Gasteiger partial charge in [0.15, 0.2) is 5.13 Å². The molecule has 0 unspecified atom stereocenters. The van der Waals surface area contributed by atoms with Crippen LogP contribution in [0.15, 0.2) is 24.5 Å². The summed E-state index contributed by atoms with van der Waals surface area (Å²) in [4.78, 5) is 8.75. The topological polar surface area (TPSA) is 58.0 Å². The van der Waals surface area contributed by atoms with Gasteiger partial charge in [-0.25, -0.2) is 4.98 Å². The standard InChI is InChI=1S/C16H17N3OS.2ClH/c1-9-12(7-11-5-4-6-18-8-11)14(20)10(2)15-13(9)19-16(17-3)21-15;;/h4-6,8,20H,7H2,1-3H3,(H,17,19);2*1H. The Balaban J connectivity index is 0.00000132. The number of nitrogens with one attached hydrogen (secondary N) is 1. The van der Waals surface area contributed by atoms with E-state index in [1.807, 2.05) is 39.2 Å². The molecule has 23 heavy (non-hydrogen) atoms. The van der Waals surface area contributed by atoms with Gasteiger partial charge in [-0.05, 0) is 31.0 Å². The Morgan fingerprint density at radius 3 is 2.57 bits per heavy atom. The fourth-order valence-electron chi connectivity index (χ4n) is 2.51. The fraction of sp³-hybridized carbons (Fsp3) is 0.250. The second-order valence-corrected chi connectivity index (χ2v) is 6.06. The molecule has 0 bridgehead atoms. The summed E-state index contributed by atoms with van der Waals surface area (Å²) in [6.45, 7) is 3.97. The Kier molecular flexibility index (Phi) is 6.62. The lowest BCUT2D eigenvalue weighted by molar-refractivity contribution is 0.466. The second-order valence-electron chi connectivity index (χ2n) is 5.06. The van der Waals surface area contributed by atoms with Gasteiger partial charge in [0.2, 0.25) is 0 Å². The highest BCUT2D eigenvalue weighted by atomic mass is 35.5. The molecule has 124 valence electrons. The molecule has 0 aliphatic rings. The molecule has 7 heteroatoms. The first kappa shape index (κ1) is 19.5. The number of fused-ring (bicyclic) bond motifs is 1. The van der Waals surface area contributed by atoms with Crippen molar-refractivity contribution in [3.63, 3.8) is 0 Å². The number of halogens is 2. The lowest BCUT2D eigenvalue weighted by atomic mass is 9.97. The number of rotatable bonds is 3. The van der Waals surface area contributed by atoms with Crippen molar-refractivity contribution in [2.75, 3.05) is 12.4 Å². The van der Waals surface area contributed by atoms with Crippen molar-refractivity contribution in [1.29, 1.82) is 0 Å². The molecule has 4 nitrogen and oxygen atoms in total. The zero-order valence-electron chi connectivity index (χ0n) is 13.1. The SMILES string of the molecule is CNc1nc2c(C)c(Cc3cccnc3)c(O)c(C)c2s1.Cl.Cl. The van der Waals surface area contributed by atoms with Gasteiger partial charge in [-0.3, -0.25) is 4.98 Å². The Morgan fingerprint density at radius 2 is 1.96 bits per heavy atom. The van der Waals surface area contributed by atoms with E-state index in [1.165, 1.54) is 0 Å². The first-order chi connectivity index (χ1) is 10.1. The normalized spacial score (nSPS) is 10.0. The maximum absolute atomic E-state index is 10.6. The predicted molar refractivity (Wildman–Crippen MR) is 102 cm³/mol. The smallest absolute Gasteiger partial charge is 0.183 e. The van der Waals surface area contributed by atoms with Gasteiger partial charge in [-0.1, -0.05) is 17.4 Å². The van der Waals surface area contributed by atoms with Crippen LogP contribution in [-0.2, 0) is 6.42 Å². The van der Waals surface area contributed by atoms with E-state index in [9.17, 15) is 5.11 Å². The van der Waals surface area contributed by atoms with Crippen LogP contribution in [0.25, 0.3) is 10.2 Å². The number of nitrogens with zero attached hydrogens (tertiary/aromatic N) is 2. The third-order valence-corrected chi connectivity index (χ3v) is 4.93. The number of hydrogen-bond donors (Lipinski definition) is 2. The Morgan fingerprint density at radius 1 is 1.22 bits per heavy atom. The van der Waals surface area contributed by atoms with Crippen molar-refractivity contribution in [2.24, 2.45) is 0 Å². The van der Waals surface area contributed by atoms with E-state index in [1.54, 1.807) is 17.5 Å². The summed E-state index contributed by atoms with van der Waals surface area (Å²) in [6, 6.07) is 3.93. The van der Waals surface area contributed by atoms with Crippen molar-refractivity contribution in [2.45, 2.75) is 20.3 Å². The molecule has 0 saturated heterocycles. The molecule has 0 aliphatic carbocycles. The number of thiazole rings is 1. The molecule has 3 rings (SSSR count). The highest BCUT2D eigenvalue weighted by Gasteiger charge is 2.18. The van der Waals surface area contributed by atoms with E-state index < -0.39 is 0 Å². The second kappa shape index (κ2) is 7.81. The number of aryl methyl sites for hydroxylation is 2. The third kappa shape index (κ3) is 3.52. The van der Waals surface area contributed by atoms with Crippen molar-refractivity contribution >= 4 is 51.5 Å². The van der Waals surface area contributed by atoms with E-state index in [0.29, 0.717) is 12.2 Å². The Bertz CT molecular complexity index is 806. The minimum absolute atomic E-state index is 0. The number of benzene rings is 1. The number of aromatic hydroxyl groups is 1. The maximum Gasteiger partial charge on any atom is 0.183 e. The van der Waals surface area contributed by atoms with Crippen LogP contribution in [0.5, 0.6) is 5.75 Å². The van der Waals surface area contributed by atoms with E-state index in [4.69, 9.17) is 0 Å². The number of pyridine rings is 1. The van der Waals surface area contributed by atoms with Crippen LogP contribution >= 0.6 is 36.2 Å². The van der Waals surface area contributed by atoms with Gasteiger partial charge in [0, 0.05) is 37.0 Å². The molecule has 3 aromatic rings. The number of anilines is 1. The van der Waals surface area contributed by atoms with Crippen LogP contribution in [0.2, 0.25) is 0 Å². The monoisotopic (exact) mass is 371 g/mol.